The zero-order valence-electron chi connectivity index (χ0n) is 16.7. The average molecular weight is 383 g/mol. The van der Waals surface area contributed by atoms with Crippen molar-refractivity contribution >= 4 is 17.5 Å². The summed E-state index contributed by atoms with van der Waals surface area (Å²) in [5, 5.41) is 3.18. The van der Waals surface area contributed by atoms with Crippen molar-refractivity contribution in [2.24, 2.45) is 23.2 Å². The van der Waals surface area contributed by atoms with Crippen LogP contribution in [0.1, 0.15) is 51.4 Å². The molecule has 5 nitrogen and oxygen atoms in total. The molecule has 6 rings (SSSR count). The van der Waals surface area contributed by atoms with Crippen molar-refractivity contribution < 1.29 is 14.3 Å². The summed E-state index contributed by atoms with van der Waals surface area (Å²) in [6.07, 6.45) is 8.95. The number of carbonyl (C=O) groups is 2. The molecule has 1 saturated heterocycles. The van der Waals surface area contributed by atoms with E-state index in [1.807, 2.05) is 24.3 Å². The van der Waals surface area contributed by atoms with Gasteiger partial charge in [-0.3, -0.25) is 9.59 Å². The van der Waals surface area contributed by atoms with Crippen LogP contribution in [-0.4, -0.2) is 31.5 Å². The van der Waals surface area contributed by atoms with Gasteiger partial charge in [0.15, 0.2) is 0 Å². The van der Waals surface area contributed by atoms with Crippen LogP contribution in [0.5, 0.6) is 5.75 Å². The number of hydrogen-bond acceptors (Lipinski definition) is 3. The molecule has 2 amide bonds. The molecule has 1 unspecified atom stereocenters. The van der Waals surface area contributed by atoms with E-state index in [4.69, 9.17) is 4.74 Å². The number of rotatable bonds is 5. The molecule has 4 saturated carbocycles. The first-order chi connectivity index (χ1) is 13.5. The molecule has 5 heteroatoms. The van der Waals surface area contributed by atoms with Crippen LogP contribution in [0.15, 0.2) is 24.3 Å². The Morgan fingerprint density at radius 3 is 2.50 bits per heavy atom. The first kappa shape index (κ1) is 18.0. The molecule has 0 aromatic heterocycles. The van der Waals surface area contributed by atoms with E-state index >= 15 is 0 Å². The molecule has 5 aliphatic rings. The van der Waals surface area contributed by atoms with Gasteiger partial charge in [-0.1, -0.05) is 6.07 Å². The summed E-state index contributed by atoms with van der Waals surface area (Å²) in [6.45, 7) is 0.540. The Bertz CT molecular complexity index is 755. The van der Waals surface area contributed by atoms with Crippen molar-refractivity contribution in [3.05, 3.63) is 24.3 Å². The number of carbonyl (C=O) groups excluding carboxylic acids is 2. The van der Waals surface area contributed by atoms with E-state index in [1.165, 1.54) is 38.5 Å². The second kappa shape index (κ2) is 6.78. The van der Waals surface area contributed by atoms with Crippen molar-refractivity contribution in [3.8, 4) is 5.75 Å². The average Bonchev–Trinajstić information content (AvgIpc) is 3.00. The number of anilines is 1. The highest BCUT2D eigenvalue weighted by Crippen LogP contribution is 2.61. The van der Waals surface area contributed by atoms with Gasteiger partial charge in [-0.25, -0.2) is 0 Å². The largest absolute Gasteiger partial charge is 0.497 e. The van der Waals surface area contributed by atoms with E-state index in [1.54, 1.807) is 12.0 Å². The fraction of sp³-hybridized carbons (Fsp3) is 0.652. The number of amides is 2. The standard InChI is InChI=1S/C23H30N2O3/c1-28-20-4-2-3-19(9-20)25-14-18(8-22(25)27)24-21(26)13-23-10-15-5-16(11-23)7-17(6-15)12-23/h2-4,9,15-18H,5-8,10-14H2,1H3,(H,24,26). The molecular formula is C23H30N2O3. The second-order valence-corrected chi connectivity index (χ2v) is 9.77. The lowest BCUT2D eigenvalue weighted by molar-refractivity contribution is -0.130. The van der Waals surface area contributed by atoms with Gasteiger partial charge in [0, 0.05) is 31.1 Å². The smallest absolute Gasteiger partial charge is 0.229 e. The lowest BCUT2D eigenvalue weighted by Crippen LogP contribution is -2.49. The summed E-state index contributed by atoms with van der Waals surface area (Å²) in [5.74, 6) is 3.52. The maximum Gasteiger partial charge on any atom is 0.229 e. The van der Waals surface area contributed by atoms with E-state index in [0.717, 1.165) is 29.2 Å². The first-order valence-corrected chi connectivity index (χ1v) is 10.8. The third-order valence-electron chi connectivity index (χ3n) is 7.56. The molecule has 4 bridgehead atoms. The Balaban J connectivity index is 1.21. The lowest BCUT2D eigenvalue weighted by atomic mass is 9.49. The van der Waals surface area contributed by atoms with Gasteiger partial charge in [0.25, 0.3) is 0 Å². The second-order valence-electron chi connectivity index (χ2n) is 9.77. The molecule has 0 spiro atoms. The van der Waals surface area contributed by atoms with Crippen LogP contribution in [0, 0.1) is 23.2 Å². The Labute approximate surface area is 166 Å². The van der Waals surface area contributed by atoms with Gasteiger partial charge in [-0.05, 0) is 73.8 Å². The number of methoxy groups -OCH3 is 1. The minimum absolute atomic E-state index is 0.0633. The van der Waals surface area contributed by atoms with Crippen molar-refractivity contribution in [1.29, 1.82) is 0 Å². The molecule has 1 N–H and O–H groups in total. The minimum atomic E-state index is -0.0971. The molecule has 1 aromatic rings. The van der Waals surface area contributed by atoms with Crippen molar-refractivity contribution in [2.75, 3.05) is 18.6 Å². The predicted octanol–water partition coefficient (Wildman–Crippen LogP) is 3.52. The molecule has 1 atom stereocenters. The van der Waals surface area contributed by atoms with Crippen LogP contribution >= 0.6 is 0 Å². The molecular weight excluding hydrogens is 352 g/mol. The third kappa shape index (κ3) is 3.29. The summed E-state index contributed by atoms with van der Waals surface area (Å²) >= 11 is 0. The summed E-state index contributed by atoms with van der Waals surface area (Å²) in [6, 6.07) is 7.45. The molecule has 28 heavy (non-hydrogen) atoms. The quantitative estimate of drug-likeness (QED) is 0.848. The summed E-state index contributed by atoms with van der Waals surface area (Å²) < 4.78 is 5.27. The van der Waals surface area contributed by atoms with Crippen LogP contribution in [0.25, 0.3) is 0 Å². The normalized spacial score (nSPS) is 36.0. The first-order valence-electron chi connectivity index (χ1n) is 10.8. The molecule has 4 aliphatic carbocycles. The zero-order valence-corrected chi connectivity index (χ0v) is 16.7. The van der Waals surface area contributed by atoms with Gasteiger partial charge in [-0.15, -0.1) is 0 Å². The third-order valence-corrected chi connectivity index (χ3v) is 7.56. The Morgan fingerprint density at radius 1 is 1.18 bits per heavy atom. The highest BCUT2D eigenvalue weighted by atomic mass is 16.5. The van der Waals surface area contributed by atoms with Crippen LogP contribution in [-0.2, 0) is 9.59 Å². The van der Waals surface area contributed by atoms with Gasteiger partial charge < -0.3 is 15.0 Å². The summed E-state index contributed by atoms with van der Waals surface area (Å²) in [5.41, 5.74) is 1.08. The van der Waals surface area contributed by atoms with Crippen molar-refractivity contribution in [1.82, 2.24) is 5.32 Å². The molecule has 150 valence electrons. The van der Waals surface area contributed by atoms with Crippen molar-refractivity contribution in [2.45, 2.75) is 57.4 Å². The van der Waals surface area contributed by atoms with Gasteiger partial charge in [0.2, 0.25) is 11.8 Å². The predicted molar refractivity (Wildman–Crippen MR) is 107 cm³/mol. The number of ether oxygens (including phenoxy) is 1. The van der Waals surface area contributed by atoms with E-state index in [9.17, 15) is 9.59 Å². The summed E-state index contributed by atoms with van der Waals surface area (Å²) in [7, 11) is 1.62. The molecule has 1 aromatic carbocycles. The fourth-order valence-electron chi connectivity index (χ4n) is 6.96. The van der Waals surface area contributed by atoms with E-state index in [2.05, 4.69) is 5.32 Å². The van der Waals surface area contributed by atoms with E-state index < -0.39 is 0 Å². The number of benzene rings is 1. The highest BCUT2D eigenvalue weighted by Gasteiger charge is 2.51. The van der Waals surface area contributed by atoms with Gasteiger partial charge in [0.05, 0.1) is 13.2 Å². The van der Waals surface area contributed by atoms with Crippen LogP contribution in [0.3, 0.4) is 0 Å². The molecule has 1 heterocycles. The minimum Gasteiger partial charge on any atom is -0.497 e. The summed E-state index contributed by atoms with van der Waals surface area (Å²) in [4.78, 5) is 27.1. The highest BCUT2D eigenvalue weighted by molar-refractivity contribution is 5.97. The number of nitrogens with zero attached hydrogens (tertiary/aromatic N) is 1. The van der Waals surface area contributed by atoms with Gasteiger partial charge in [0.1, 0.15) is 5.75 Å². The number of hydrogen-bond donors (Lipinski definition) is 1. The SMILES string of the molecule is COc1cccc(N2CC(NC(=O)CC34CC5CC(CC(C5)C3)C4)CC2=O)c1. The molecule has 0 radical (unpaired) electrons. The van der Waals surface area contributed by atoms with Gasteiger partial charge >= 0.3 is 0 Å². The molecule has 1 aliphatic heterocycles. The topological polar surface area (TPSA) is 58.6 Å². The van der Waals surface area contributed by atoms with Crippen LogP contribution < -0.4 is 15.0 Å². The Morgan fingerprint density at radius 2 is 1.86 bits per heavy atom. The number of nitrogens with one attached hydrogen (secondary N) is 1. The maximum atomic E-state index is 12.9. The van der Waals surface area contributed by atoms with E-state index in [0.29, 0.717) is 19.4 Å². The van der Waals surface area contributed by atoms with Gasteiger partial charge in [-0.2, -0.15) is 0 Å². The Kier molecular flexibility index (Phi) is 4.37. The molecule has 5 fully saturated rings. The zero-order chi connectivity index (χ0) is 19.3. The maximum absolute atomic E-state index is 12.9. The van der Waals surface area contributed by atoms with Crippen LogP contribution in [0.2, 0.25) is 0 Å². The monoisotopic (exact) mass is 382 g/mol. The lowest BCUT2D eigenvalue weighted by Gasteiger charge is -2.56. The van der Waals surface area contributed by atoms with E-state index in [-0.39, 0.29) is 23.3 Å². The van der Waals surface area contributed by atoms with Crippen LogP contribution in [0.4, 0.5) is 5.69 Å². The Hall–Kier alpha value is -2.04. The van der Waals surface area contributed by atoms with Crippen molar-refractivity contribution in [3.63, 3.8) is 0 Å². The fourth-order valence-corrected chi connectivity index (χ4v) is 6.96.